The van der Waals surface area contributed by atoms with E-state index in [9.17, 15) is 4.79 Å². The molecule has 5 rings (SSSR count). The quantitative estimate of drug-likeness (QED) is 0.435. The number of primary amides is 1. The molecule has 1 saturated heterocycles. The Balaban J connectivity index is 0.00000171. The maximum absolute atomic E-state index is 11.8. The van der Waals surface area contributed by atoms with Crippen LogP contribution in [0, 0.1) is 0 Å². The fraction of sp³-hybridized carbons (Fsp3) is 0.208. The zero-order valence-corrected chi connectivity index (χ0v) is 20.6. The third-order valence-corrected chi connectivity index (χ3v) is 5.57. The molecule has 35 heavy (non-hydrogen) atoms. The number of amides is 1. The number of hydrogen-bond donors (Lipinski definition) is 1. The highest BCUT2D eigenvalue weighted by Gasteiger charge is 2.20. The van der Waals surface area contributed by atoms with Gasteiger partial charge in [-0.15, -0.1) is 24.8 Å². The number of hydrogen-bond acceptors (Lipinski definition) is 7. The van der Waals surface area contributed by atoms with E-state index in [1.165, 1.54) is 0 Å². The van der Waals surface area contributed by atoms with E-state index >= 15 is 0 Å². The highest BCUT2D eigenvalue weighted by Crippen LogP contribution is 2.36. The summed E-state index contributed by atoms with van der Waals surface area (Å²) in [5.41, 5.74) is 11.3. The molecule has 1 fully saturated rings. The van der Waals surface area contributed by atoms with Crippen LogP contribution in [0.3, 0.4) is 0 Å². The fourth-order valence-electron chi connectivity index (χ4n) is 3.95. The van der Waals surface area contributed by atoms with E-state index in [-0.39, 0.29) is 30.5 Å². The number of rotatable bonds is 5. The maximum atomic E-state index is 11.8. The Labute approximate surface area is 215 Å². The molecular formula is C24H25Cl2N7O2. The van der Waals surface area contributed by atoms with E-state index in [1.54, 1.807) is 23.1 Å². The predicted molar refractivity (Wildman–Crippen MR) is 139 cm³/mol. The molecule has 5 heterocycles. The summed E-state index contributed by atoms with van der Waals surface area (Å²) in [6, 6.07) is 11.2. The molecule has 0 saturated carbocycles. The number of halogens is 2. The van der Waals surface area contributed by atoms with Gasteiger partial charge in [-0.2, -0.15) is 5.10 Å². The second kappa shape index (κ2) is 11.3. The maximum Gasteiger partial charge on any atom is 0.267 e. The number of anilines is 1. The molecule has 0 unspecified atom stereocenters. The normalized spacial score (nSPS) is 13.0. The molecule has 182 valence electrons. The predicted octanol–water partition coefficient (Wildman–Crippen LogP) is 3.39. The first kappa shape index (κ1) is 26.1. The summed E-state index contributed by atoms with van der Waals surface area (Å²) in [4.78, 5) is 27.5. The summed E-state index contributed by atoms with van der Waals surface area (Å²) in [7, 11) is 1.87. The Kier molecular flexibility index (Phi) is 8.39. The van der Waals surface area contributed by atoms with Crippen LogP contribution in [0.15, 0.2) is 61.2 Å². The molecule has 1 aliphatic rings. The summed E-state index contributed by atoms with van der Waals surface area (Å²) < 4.78 is 7.19. The molecule has 1 aliphatic heterocycles. The smallest absolute Gasteiger partial charge is 0.267 e. The number of aromatic nitrogens is 5. The number of morpholine rings is 1. The SMILES string of the molecule is Cl.Cl.Cn1cc(-c2ccc(C(N)=O)nc2-c2cccnc2)c(-c2ccc(N3CCOCC3)cn2)n1. The molecule has 4 aromatic heterocycles. The lowest BCUT2D eigenvalue weighted by atomic mass is 9.98. The minimum atomic E-state index is -0.585. The van der Waals surface area contributed by atoms with E-state index in [1.807, 2.05) is 43.7 Å². The topological polar surface area (TPSA) is 112 Å². The van der Waals surface area contributed by atoms with Crippen LogP contribution in [0.2, 0.25) is 0 Å². The van der Waals surface area contributed by atoms with Gasteiger partial charge in [0.05, 0.1) is 36.5 Å². The van der Waals surface area contributed by atoms with Gasteiger partial charge in [0.15, 0.2) is 0 Å². The largest absolute Gasteiger partial charge is 0.378 e. The van der Waals surface area contributed by atoms with Gasteiger partial charge in [-0.25, -0.2) is 4.98 Å². The van der Waals surface area contributed by atoms with Crippen molar-refractivity contribution in [3.63, 3.8) is 0 Å². The molecule has 2 N–H and O–H groups in total. The molecule has 0 atom stereocenters. The van der Waals surface area contributed by atoms with Gasteiger partial charge < -0.3 is 15.4 Å². The van der Waals surface area contributed by atoms with Crippen molar-refractivity contribution < 1.29 is 9.53 Å². The van der Waals surface area contributed by atoms with Crippen LogP contribution < -0.4 is 10.6 Å². The number of aryl methyl sites for hydroxylation is 1. The molecule has 1 amide bonds. The van der Waals surface area contributed by atoms with E-state index in [0.29, 0.717) is 5.69 Å². The molecule has 0 radical (unpaired) electrons. The molecule has 0 aliphatic carbocycles. The van der Waals surface area contributed by atoms with E-state index in [0.717, 1.165) is 60.1 Å². The van der Waals surface area contributed by atoms with Crippen molar-refractivity contribution in [2.45, 2.75) is 0 Å². The number of pyridine rings is 3. The fourth-order valence-corrected chi connectivity index (χ4v) is 3.95. The van der Waals surface area contributed by atoms with Gasteiger partial charge in [-0.05, 0) is 36.4 Å². The number of carbonyl (C=O) groups is 1. The van der Waals surface area contributed by atoms with Crippen LogP contribution >= 0.6 is 24.8 Å². The van der Waals surface area contributed by atoms with Gasteiger partial charge in [0, 0.05) is 55.4 Å². The Hall–Kier alpha value is -3.53. The van der Waals surface area contributed by atoms with Crippen LogP contribution in [0.25, 0.3) is 33.8 Å². The Bertz CT molecular complexity index is 1290. The van der Waals surface area contributed by atoms with Gasteiger partial charge in [0.1, 0.15) is 11.4 Å². The number of nitrogens with two attached hydrogens (primary N) is 1. The summed E-state index contributed by atoms with van der Waals surface area (Å²) >= 11 is 0. The van der Waals surface area contributed by atoms with Gasteiger partial charge in [-0.1, -0.05) is 0 Å². The van der Waals surface area contributed by atoms with Gasteiger partial charge in [0.2, 0.25) is 0 Å². The van der Waals surface area contributed by atoms with E-state index in [2.05, 4.69) is 26.0 Å². The molecule has 4 aromatic rings. The van der Waals surface area contributed by atoms with E-state index in [4.69, 9.17) is 15.5 Å². The monoisotopic (exact) mass is 513 g/mol. The standard InChI is InChI=1S/C24H23N7O2.2ClH/c1-30-15-19(18-5-7-21(24(25)32)28-22(18)16-3-2-8-26-13-16)23(29-30)20-6-4-17(14-27-20)31-9-11-33-12-10-31;;/h2-8,13-15H,9-12H2,1H3,(H2,25,32);2*1H. The first-order chi connectivity index (χ1) is 16.1. The zero-order valence-electron chi connectivity index (χ0n) is 19.0. The van der Waals surface area contributed by atoms with Crippen molar-refractivity contribution in [3.8, 4) is 33.8 Å². The second-order valence-electron chi connectivity index (χ2n) is 7.76. The van der Waals surface area contributed by atoms with Crippen molar-refractivity contribution in [3.05, 3.63) is 66.9 Å². The number of nitrogens with zero attached hydrogens (tertiary/aromatic N) is 6. The molecule has 0 spiro atoms. The van der Waals surface area contributed by atoms with Gasteiger partial charge in [-0.3, -0.25) is 19.4 Å². The molecule has 9 nitrogen and oxygen atoms in total. The number of ether oxygens (including phenoxy) is 1. The van der Waals surface area contributed by atoms with Crippen molar-refractivity contribution in [2.24, 2.45) is 12.8 Å². The average molecular weight is 514 g/mol. The van der Waals surface area contributed by atoms with Crippen LogP contribution in [0.4, 0.5) is 5.69 Å². The van der Waals surface area contributed by atoms with Crippen LogP contribution in [-0.4, -0.2) is 56.9 Å². The Morgan fingerprint density at radius 2 is 1.80 bits per heavy atom. The van der Waals surface area contributed by atoms with Crippen LogP contribution in [0.5, 0.6) is 0 Å². The molecular weight excluding hydrogens is 489 g/mol. The lowest BCUT2D eigenvalue weighted by molar-refractivity contribution is 0.0995. The number of carbonyl (C=O) groups excluding carboxylic acids is 1. The van der Waals surface area contributed by atoms with Crippen LogP contribution in [-0.2, 0) is 11.8 Å². The lowest BCUT2D eigenvalue weighted by Gasteiger charge is -2.28. The van der Waals surface area contributed by atoms with Crippen molar-refractivity contribution in [1.29, 1.82) is 0 Å². The summed E-state index contributed by atoms with van der Waals surface area (Å²) in [5, 5.41) is 4.68. The minimum Gasteiger partial charge on any atom is -0.378 e. The average Bonchev–Trinajstić information content (AvgIpc) is 3.26. The first-order valence-electron chi connectivity index (χ1n) is 10.6. The molecule has 0 bridgehead atoms. The third-order valence-electron chi connectivity index (χ3n) is 5.57. The molecule has 11 heteroatoms. The van der Waals surface area contributed by atoms with Crippen molar-refractivity contribution in [2.75, 3.05) is 31.2 Å². The Morgan fingerprint density at radius 1 is 1.00 bits per heavy atom. The minimum absolute atomic E-state index is 0. The first-order valence-corrected chi connectivity index (χ1v) is 10.6. The highest BCUT2D eigenvalue weighted by atomic mass is 35.5. The summed E-state index contributed by atoms with van der Waals surface area (Å²) in [6.07, 6.45) is 7.20. The summed E-state index contributed by atoms with van der Waals surface area (Å²) in [6.45, 7) is 3.14. The highest BCUT2D eigenvalue weighted by molar-refractivity contribution is 5.94. The third kappa shape index (κ3) is 5.43. The lowest BCUT2D eigenvalue weighted by Crippen LogP contribution is -2.36. The van der Waals surface area contributed by atoms with E-state index < -0.39 is 5.91 Å². The van der Waals surface area contributed by atoms with Gasteiger partial charge >= 0.3 is 0 Å². The van der Waals surface area contributed by atoms with Crippen molar-refractivity contribution >= 4 is 36.4 Å². The zero-order chi connectivity index (χ0) is 22.8. The van der Waals surface area contributed by atoms with Gasteiger partial charge in [0.25, 0.3) is 5.91 Å². The second-order valence-corrected chi connectivity index (χ2v) is 7.76. The molecule has 0 aromatic carbocycles. The van der Waals surface area contributed by atoms with Crippen LogP contribution in [0.1, 0.15) is 10.5 Å². The van der Waals surface area contributed by atoms with Crippen molar-refractivity contribution in [1.82, 2.24) is 24.7 Å². The summed E-state index contributed by atoms with van der Waals surface area (Å²) in [5.74, 6) is -0.585. The Morgan fingerprint density at radius 3 is 2.46 bits per heavy atom.